The number of benzene rings is 1. The second-order valence-corrected chi connectivity index (χ2v) is 7.41. The van der Waals surface area contributed by atoms with Crippen molar-refractivity contribution in [3.8, 4) is 0 Å². The molecule has 1 atom stereocenters. The van der Waals surface area contributed by atoms with Gasteiger partial charge in [-0.15, -0.1) is 0 Å². The summed E-state index contributed by atoms with van der Waals surface area (Å²) in [6.45, 7) is 8.49. The van der Waals surface area contributed by atoms with Crippen molar-refractivity contribution in [2.24, 2.45) is 4.99 Å². The van der Waals surface area contributed by atoms with E-state index in [1.165, 1.54) is 6.07 Å². The third-order valence-electron chi connectivity index (χ3n) is 5.33. The van der Waals surface area contributed by atoms with E-state index in [0.29, 0.717) is 6.04 Å². The Morgan fingerprint density at radius 1 is 1.36 bits per heavy atom. The monoisotopic (exact) mass is 387 g/mol. The van der Waals surface area contributed by atoms with Crippen molar-refractivity contribution in [1.82, 2.24) is 15.8 Å². The van der Waals surface area contributed by atoms with E-state index in [4.69, 9.17) is 4.52 Å². The van der Waals surface area contributed by atoms with E-state index >= 15 is 0 Å². The van der Waals surface area contributed by atoms with Gasteiger partial charge in [0, 0.05) is 44.0 Å². The van der Waals surface area contributed by atoms with Gasteiger partial charge in [0.05, 0.1) is 5.69 Å². The van der Waals surface area contributed by atoms with E-state index in [9.17, 15) is 4.39 Å². The molecule has 1 saturated heterocycles. The second kappa shape index (κ2) is 9.08. The van der Waals surface area contributed by atoms with Crippen molar-refractivity contribution in [3.63, 3.8) is 0 Å². The van der Waals surface area contributed by atoms with Crippen molar-refractivity contribution in [2.45, 2.75) is 46.1 Å². The lowest BCUT2D eigenvalue weighted by molar-refractivity contribution is 0.392. The summed E-state index contributed by atoms with van der Waals surface area (Å²) in [5.74, 6) is 1.49. The maximum Gasteiger partial charge on any atom is 0.191 e. The molecule has 7 heteroatoms. The fraction of sp³-hybridized carbons (Fsp3) is 0.524. The normalized spacial score (nSPS) is 17.7. The molecule has 2 N–H and O–H groups in total. The van der Waals surface area contributed by atoms with Crippen LogP contribution in [-0.4, -0.2) is 43.8 Å². The SMILES string of the molecule is CN=C(NCCc1c(C)noc1C)NC1CCCN(c2ccc(F)cc2C)C1. The summed E-state index contributed by atoms with van der Waals surface area (Å²) in [6.07, 6.45) is 3.01. The van der Waals surface area contributed by atoms with E-state index in [1.807, 2.05) is 26.8 Å². The standard InChI is InChI=1S/C21H30FN5O/c1-14-12-17(22)7-8-20(14)27-11-5-6-18(13-27)25-21(23-4)24-10-9-19-15(2)26-28-16(19)3/h7-8,12,18H,5-6,9-11,13H2,1-4H3,(H2,23,24,25). The number of halogens is 1. The lowest BCUT2D eigenvalue weighted by Gasteiger charge is -2.36. The van der Waals surface area contributed by atoms with Gasteiger partial charge >= 0.3 is 0 Å². The quantitative estimate of drug-likeness (QED) is 0.610. The van der Waals surface area contributed by atoms with Gasteiger partial charge in [0.2, 0.25) is 0 Å². The Labute approximate surface area is 166 Å². The largest absolute Gasteiger partial charge is 0.369 e. The minimum Gasteiger partial charge on any atom is -0.369 e. The van der Waals surface area contributed by atoms with Gasteiger partial charge in [-0.1, -0.05) is 5.16 Å². The molecule has 1 aromatic heterocycles. The number of hydrogen-bond donors (Lipinski definition) is 2. The Morgan fingerprint density at radius 3 is 2.86 bits per heavy atom. The molecule has 0 saturated carbocycles. The average Bonchev–Trinajstić information content (AvgIpc) is 2.99. The highest BCUT2D eigenvalue weighted by atomic mass is 19.1. The van der Waals surface area contributed by atoms with Crippen molar-refractivity contribution in [2.75, 3.05) is 31.6 Å². The zero-order valence-electron chi connectivity index (χ0n) is 17.2. The molecule has 0 radical (unpaired) electrons. The van der Waals surface area contributed by atoms with Gasteiger partial charge in [-0.2, -0.15) is 0 Å². The van der Waals surface area contributed by atoms with Gasteiger partial charge in [-0.3, -0.25) is 4.99 Å². The van der Waals surface area contributed by atoms with Crippen LogP contribution in [0.4, 0.5) is 10.1 Å². The van der Waals surface area contributed by atoms with E-state index in [2.05, 4.69) is 25.7 Å². The molecule has 2 heterocycles. The number of aliphatic imine (C=N–C) groups is 1. The number of nitrogens with zero attached hydrogens (tertiary/aromatic N) is 3. The second-order valence-electron chi connectivity index (χ2n) is 7.41. The van der Waals surface area contributed by atoms with Crippen LogP contribution in [-0.2, 0) is 6.42 Å². The van der Waals surface area contributed by atoms with E-state index in [1.54, 1.807) is 13.1 Å². The molecule has 152 valence electrons. The highest BCUT2D eigenvalue weighted by Crippen LogP contribution is 2.24. The van der Waals surface area contributed by atoms with Crippen LogP contribution < -0.4 is 15.5 Å². The molecule has 0 amide bonds. The maximum absolute atomic E-state index is 13.4. The lowest BCUT2D eigenvalue weighted by atomic mass is 10.0. The summed E-state index contributed by atoms with van der Waals surface area (Å²) in [7, 11) is 1.79. The van der Waals surface area contributed by atoms with Crippen LogP contribution in [0.2, 0.25) is 0 Å². The first kappa shape index (κ1) is 20.2. The molecule has 28 heavy (non-hydrogen) atoms. The first-order chi connectivity index (χ1) is 13.5. The van der Waals surface area contributed by atoms with Crippen LogP contribution >= 0.6 is 0 Å². The van der Waals surface area contributed by atoms with Crippen molar-refractivity contribution < 1.29 is 8.91 Å². The molecule has 0 bridgehead atoms. The molecule has 1 aliphatic heterocycles. The summed E-state index contributed by atoms with van der Waals surface area (Å²) in [6, 6.07) is 5.31. The van der Waals surface area contributed by atoms with Crippen LogP contribution in [0.1, 0.15) is 35.4 Å². The van der Waals surface area contributed by atoms with E-state index in [-0.39, 0.29) is 5.82 Å². The molecule has 1 aromatic carbocycles. The molecular weight excluding hydrogens is 357 g/mol. The Hall–Kier alpha value is -2.57. The first-order valence-electron chi connectivity index (χ1n) is 9.88. The predicted molar refractivity (Wildman–Crippen MR) is 111 cm³/mol. The summed E-state index contributed by atoms with van der Waals surface area (Å²) in [5.41, 5.74) is 4.18. The zero-order chi connectivity index (χ0) is 20.1. The molecule has 3 rings (SSSR count). The molecule has 1 fully saturated rings. The molecule has 6 nitrogen and oxygen atoms in total. The lowest BCUT2D eigenvalue weighted by Crippen LogP contribution is -2.51. The van der Waals surface area contributed by atoms with Gasteiger partial charge in [-0.05, 0) is 63.8 Å². The van der Waals surface area contributed by atoms with Gasteiger partial charge in [-0.25, -0.2) is 4.39 Å². The Morgan fingerprint density at radius 2 is 2.18 bits per heavy atom. The topological polar surface area (TPSA) is 65.7 Å². The Kier molecular flexibility index (Phi) is 6.54. The van der Waals surface area contributed by atoms with Crippen molar-refractivity contribution >= 4 is 11.6 Å². The van der Waals surface area contributed by atoms with Crippen LogP contribution in [0.15, 0.2) is 27.7 Å². The number of aromatic nitrogens is 1. The minimum atomic E-state index is -0.184. The summed E-state index contributed by atoms with van der Waals surface area (Å²) in [5, 5.41) is 10.9. The maximum atomic E-state index is 13.4. The molecular formula is C21H30FN5O. The smallest absolute Gasteiger partial charge is 0.191 e. The number of rotatable bonds is 5. The fourth-order valence-electron chi connectivity index (χ4n) is 3.84. The van der Waals surface area contributed by atoms with Crippen molar-refractivity contribution in [1.29, 1.82) is 0 Å². The summed E-state index contributed by atoms with van der Waals surface area (Å²) >= 11 is 0. The van der Waals surface area contributed by atoms with Crippen LogP contribution in [0.3, 0.4) is 0 Å². The fourth-order valence-corrected chi connectivity index (χ4v) is 3.84. The van der Waals surface area contributed by atoms with Gasteiger partial charge in [0.1, 0.15) is 11.6 Å². The molecule has 1 aliphatic rings. The number of anilines is 1. The van der Waals surface area contributed by atoms with Gasteiger partial charge in [0.15, 0.2) is 5.96 Å². The third kappa shape index (κ3) is 4.82. The van der Waals surface area contributed by atoms with Gasteiger partial charge in [0.25, 0.3) is 0 Å². The van der Waals surface area contributed by atoms with E-state index in [0.717, 1.165) is 73.1 Å². The Balaban J connectivity index is 1.54. The summed E-state index contributed by atoms with van der Waals surface area (Å²) in [4.78, 5) is 6.69. The zero-order valence-corrected chi connectivity index (χ0v) is 17.2. The summed E-state index contributed by atoms with van der Waals surface area (Å²) < 4.78 is 18.6. The van der Waals surface area contributed by atoms with Crippen LogP contribution in [0.5, 0.6) is 0 Å². The first-order valence-corrected chi connectivity index (χ1v) is 9.88. The van der Waals surface area contributed by atoms with E-state index < -0.39 is 0 Å². The molecule has 0 aliphatic carbocycles. The van der Waals surface area contributed by atoms with Gasteiger partial charge < -0.3 is 20.1 Å². The number of guanidine groups is 1. The number of nitrogens with one attached hydrogen (secondary N) is 2. The predicted octanol–water partition coefficient (Wildman–Crippen LogP) is 3.12. The highest BCUT2D eigenvalue weighted by molar-refractivity contribution is 5.80. The number of hydrogen-bond acceptors (Lipinski definition) is 4. The number of piperidine rings is 1. The highest BCUT2D eigenvalue weighted by Gasteiger charge is 2.22. The Bertz CT molecular complexity index is 813. The minimum absolute atomic E-state index is 0.184. The molecule has 2 aromatic rings. The number of aryl methyl sites for hydroxylation is 3. The van der Waals surface area contributed by atoms with Crippen molar-refractivity contribution in [3.05, 3.63) is 46.6 Å². The molecule has 0 spiro atoms. The van der Waals surface area contributed by atoms with Crippen LogP contribution in [0, 0.1) is 26.6 Å². The molecule has 1 unspecified atom stereocenters. The van der Waals surface area contributed by atoms with Crippen LogP contribution in [0.25, 0.3) is 0 Å². The third-order valence-corrected chi connectivity index (χ3v) is 5.33. The average molecular weight is 388 g/mol.